The van der Waals surface area contributed by atoms with Crippen LogP contribution in [0.4, 0.5) is 5.69 Å². The normalized spacial score (nSPS) is 19.1. The predicted molar refractivity (Wildman–Crippen MR) is 193 cm³/mol. The minimum Gasteiger partial charge on any atom is -0.496 e. The molecule has 1 aromatic heterocycles. The van der Waals surface area contributed by atoms with Crippen molar-refractivity contribution < 1.29 is 19.1 Å². The van der Waals surface area contributed by atoms with Crippen LogP contribution in [0.3, 0.4) is 0 Å². The van der Waals surface area contributed by atoms with Crippen LogP contribution in [0, 0.1) is 11.8 Å². The van der Waals surface area contributed by atoms with E-state index >= 15 is 0 Å². The molecule has 1 aliphatic heterocycles. The Bertz CT molecular complexity index is 1720. The third kappa shape index (κ3) is 9.03. The fourth-order valence-electron chi connectivity index (χ4n) is 6.55. The monoisotopic (exact) mass is 701 g/mol. The first kappa shape index (κ1) is 36.4. The fraction of sp³-hybridized carbons (Fsp3) is 0.389. The highest BCUT2D eigenvalue weighted by Crippen LogP contribution is 2.32. The van der Waals surface area contributed by atoms with E-state index in [9.17, 15) is 14.4 Å². The number of tetrazole rings is 1. The summed E-state index contributed by atoms with van der Waals surface area (Å²) in [6.07, 6.45) is 4.54. The van der Waals surface area contributed by atoms with Gasteiger partial charge in [0.2, 0.25) is 17.6 Å². The molecule has 1 saturated heterocycles. The number of nitrogens with zero attached hydrogens (tertiary/aromatic N) is 3. The van der Waals surface area contributed by atoms with Crippen molar-refractivity contribution in [3.8, 4) is 28.3 Å². The third-order valence-corrected chi connectivity index (χ3v) is 9.50. The molecule has 2 heterocycles. The van der Waals surface area contributed by atoms with E-state index in [-0.39, 0.29) is 42.1 Å². The molecule has 1 saturated carbocycles. The molecular weight excluding hydrogens is 658 g/mol. The van der Waals surface area contributed by atoms with Gasteiger partial charge in [-0.25, -0.2) is 0 Å². The lowest BCUT2D eigenvalue weighted by molar-refractivity contribution is -0.130. The van der Waals surface area contributed by atoms with Gasteiger partial charge in [-0.05, 0) is 110 Å². The van der Waals surface area contributed by atoms with Crippen LogP contribution in [0.2, 0.25) is 0 Å². The SMILES string of the molecule is COc1cc(C(=O)N[C@@H]2CCNC2)ccc1-c1ccc(C[C@H](NC(=O)[C@H]2CC[C@H](CN)CC2)C(=O)Nc2ccc(-c3nn[nH]n3)cc2)cc1.Cl. The quantitative estimate of drug-likeness (QED) is 0.128. The number of hydrogen-bond acceptors (Lipinski definition) is 9. The number of ether oxygens (including phenoxy) is 1. The van der Waals surface area contributed by atoms with E-state index in [1.54, 1.807) is 43.5 Å². The highest BCUT2D eigenvalue weighted by atomic mass is 35.5. The maximum absolute atomic E-state index is 13.7. The van der Waals surface area contributed by atoms with Crippen molar-refractivity contribution in [3.05, 3.63) is 77.9 Å². The molecule has 1 aliphatic carbocycles. The maximum atomic E-state index is 13.7. The van der Waals surface area contributed by atoms with Gasteiger partial charge in [0.05, 0.1) is 7.11 Å². The number of halogens is 1. The van der Waals surface area contributed by atoms with Crippen LogP contribution in [0.25, 0.3) is 22.5 Å². The highest BCUT2D eigenvalue weighted by molar-refractivity contribution is 5.98. The fourth-order valence-corrected chi connectivity index (χ4v) is 6.55. The highest BCUT2D eigenvalue weighted by Gasteiger charge is 2.29. The third-order valence-electron chi connectivity index (χ3n) is 9.50. The summed E-state index contributed by atoms with van der Waals surface area (Å²) in [4.78, 5) is 39.9. The number of aromatic nitrogens is 4. The number of aromatic amines is 1. The first-order chi connectivity index (χ1) is 23.9. The Morgan fingerprint density at radius 2 is 1.70 bits per heavy atom. The topological polar surface area (TPSA) is 189 Å². The number of nitrogens with one attached hydrogen (secondary N) is 5. The van der Waals surface area contributed by atoms with Gasteiger partial charge < -0.3 is 31.7 Å². The largest absolute Gasteiger partial charge is 0.496 e. The van der Waals surface area contributed by atoms with Crippen LogP contribution in [0.1, 0.15) is 48.0 Å². The average Bonchev–Trinajstić information content (AvgIpc) is 3.87. The molecule has 4 aromatic rings. The Kier molecular flexibility index (Phi) is 12.5. The molecule has 0 unspecified atom stereocenters. The molecule has 3 amide bonds. The zero-order valence-electron chi connectivity index (χ0n) is 28.0. The van der Waals surface area contributed by atoms with E-state index in [0.29, 0.717) is 41.7 Å². The second-order valence-electron chi connectivity index (χ2n) is 12.8. The van der Waals surface area contributed by atoms with Crippen molar-refractivity contribution in [2.24, 2.45) is 17.6 Å². The number of nitrogens with two attached hydrogens (primary N) is 1. The lowest BCUT2D eigenvalue weighted by Gasteiger charge is -2.28. The summed E-state index contributed by atoms with van der Waals surface area (Å²) in [5.41, 5.74) is 10.3. The van der Waals surface area contributed by atoms with Crippen molar-refractivity contribution in [2.45, 2.75) is 50.6 Å². The Labute approximate surface area is 297 Å². The van der Waals surface area contributed by atoms with Crippen LogP contribution in [0.15, 0.2) is 66.7 Å². The molecule has 6 rings (SSSR count). The number of methoxy groups -OCH3 is 1. The van der Waals surface area contributed by atoms with Crippen LogP contribution in [-0.4, -0.2) is 77.2 Å². The maximum Gasteiger partial charge on any atom is 0.251 e. The van der Waals surface area contributed by atoms with E-state index in [0.717, 1.165) is 67.4 Å². The van der Waals surface area contributed by atoms with Crippen LogP contribution >= 0.6 is 12.4 Å². The van der Waals surface area contributed by atoms with Crippen molar-refractivity contribution in [3.63, 3.8) is 0 Å². The van der Waals surface area contributed by atoms with Gasteiger partial charge in [-0.15, -0.1) is 22.6 Å². The predicted octanol–water partition coefficient (Wildman–Crippen LogP) is 3.49. The lowest BCUT2D eigenvalue weighted by atomic mass is 9.81. The van der Waals surface area contributed by atoms with Crippen molar-refractivity contribution in [2.75, 3.05) is 32.1 Å². The summed E-state index contributed by atoms with van der Waals surface area (Å²) >= 11 is 0. The van der Waals surface area contributed by atoms with Crippen LogP contribution in [-0.2, 0) is 16.0 Å². The standard InChI is InChI=1S/C36H43N9O4.ClH/c1-49-32-19-27(35(47)40-29-16-17-38-21-29)12-15-30(32)24-6-2-22(3-7-24)18-31(41-34(46)26-8-4-23(20-37)5-9-26)36(48)39-28-13-10-25(11-14-28)33-42-44-45-43-33;/h2-3,6-7,10-15,19,23,26,29,31,38H,4-5,8-9,16-18,20-21,37H2,1H3,(H,39,48)(H,40,47)(H,41,46)(H,42,43,44,45);1H/t23-,26-,29-,31+;/m1./s1. The summed E-state index contributed by atoms with van der Waals surface area (Å²) in [5, 5.41) is 26.3. The summed E-state index contributed by atoms with van der Waals surface area (Å²) in [5.74, 6) is 0.773. The molecule has 0 bridgehead atoms. The molecule has 13 nitrogen and oxygen atoms in total. The molecule has 2 atom stereocenters. The van der Waals surface area contributed by atoms with Gasteiger partial charge in [-0.3, -0.25) is 14.4 Å². The number of amides is 3. The Balaban J connectivity index is 0.00000486. The first-order valence-electron chi connectivity index (χ1n) is 16.8. The summed E-state index contributed by atoms with van der Waals surface area (Å²) in [6, 6.07) is 19.7. The Hall–Kier alpha value is -4.85. The molecule has 2 fully saturated rings. The summed E-state index contributed by atoms with van der Waals surface area (Å²) < 4.78 is 5.68. The van der Waals surface area contributed by atoms with Gasteiger partial charge >= 0.3 is 0 Å². The molecule has 0 radical (unpaired) electrons. The Morgan fingerprint density at radius 3 is 2.34 bits per heavy atom. The van der Waals surface area contributed by atoms with Gasteiger partial charge in [-0.2, -0.15) is 5.21 Å². The molecule has 0 spiro atoms. The minimum absolute atomic E-state index is 0. The van der Waals surface area contributed by atoms with E-state index in [1.807, 2.05) is 30.3 Å². The number of anilines is 1. The van der Waals surface area contributed by atoms with Crippen molar-refractivity contribution in [1.82, 2.24) is 36.6 Å². The molecule has 14 heteroatoms. The molecule has 3 aromatic carbocycles. The zero-order valence-corrected chi connectivity index (χ0v) is 28.8. The smallest absolute Gasteiger partial charge is 0.251 e. The second kappa shape index (κ2) is 17.2. The number of benzene rings is 3. The van der Waals surface area contributed by atoms with E-state index in [4.69, 9.17) is 10.5 Å². The lowest BCUT2D eigenvalue weighted by Crippen LogP contribution is -2.48. The number of H-pyrrole nitrogens is 1. The van der Waals surface area contributed by atoms with Gasteiger partial charge in [0.15, 0.2) is 0 Å². The average molecular weight is 702 g/mol. The van der Waals surface area contributed by atoms with E-state index in [2.05, 4.69) is 41.9 Å². The zero-order chi connectivity index (χ0) is 34.2. The molecule has 2 aliphatic rings. The van der Waals surface area contributed by atoms with Gasteiger partial charge in [0.1, 0.15) is 11.8 Å². The minimum atomic E-state index is -0.801. The van der Waals surface area contributed by atoms with Gasteiger partial charge in [0, 0.05) is 47.3 Å². The van der Waals surface area contributed by atoms with Crippen LogP contribution in [0.5, 0.6) is 5.75 Å². The number of hydrogen-bond donors (Lipinski definition) is 6. The molecule has 7 N–H and O–H groups in total. The number of rotatable bonds is 12. The van der Waals surface area contributed by atoms with Crippen molar-refractivity contribution >= 4 is 35.8 Å². The van der Waals surface area contributed by atoms with Crippen LogP contribution < -0.4 is 31.7 Å². The number of carbonyl (C=O) groups is 3. The molecule has 50 heavy (non-hydrogen) atoms. The Morgan fingerprint density at radius 1 is 0.960 bits per heavy atom. The van der Waals surface area contributed by atoms with E-state index < -0.39 is 6.04 Å². The van der Waals surface area contributed by atoms with Crippen molar-refractivity contribution in [1.29, 1.82) is 0 Å². The van der Waals surface area contributed by atoms with Gasteiger partial charge in [0.25, 0.3) is 5.91 Å². The summed E-state index contributed by atoms with van der Waals surface area (Å²) in [6.45, 7) is 2.30. The first-order valence-corrected chi connectivity index (χ1v) is 16.8. The van der Waals surface area contributed by atoms with Gasteiger partial charge in [-0.1, -0.05) is 24.3 Å². The molecule has 264 valence electrons. The molecular formula is C36H44ClN9O4. The second-order valence-corrected chi connectivity index (χ2v) is 12.8. The van der Waals surface area contributed by atoms with E-state index in [1.165, 1.54) is 0 Å². The number of carbonyl (C=O) groups excluding carboxylic acids is 3. The summed E-state index contributed by atoms with van der Waals surface area (Å²) in [7, 11) is 1.59.